The molecule has 0 aromatic rings. The molecule has 106 valence electrons. The Kier molecular flexibility index (Phi) is 4.93. The molecule has 9 heteroatoms. The summed E-state index contributed by atoms with van der Waals surface area (Å²) < 4.78 is 58.5. The normalized spacial score (nSPS) is 23.0. The molecule has 0 radical (unpaired) electrons. The van der Waals surface area contributed by atoms with Crippen molar-refractivity contribution in [1.29, 1.82) is 0 Å². The van der Waals surface area contributed by atoms with Crippen molar-refractivity contribution in [3.8, 4) is 0 Å². The molecule has 1 saturated heterocycles. The van der Waals surface area contributed by atoms with E-state index in [2.05, 4.69) is 0 Å². The summed E-state index contributed by atoms with van der Waals surface area (Å²) in [5.74, 6) is -1.52. The summed E-state index contributed by atoms with van der Waals surface area (Å²) in [4.78, 5) is 12.9. The highest BCUT2D eigenvalue weighted by atomic mass is 32.2. The van der Waals surface area contributed by atoms with Crippen LogP contribution in [0.3, 0.4) is 0 Å². The molecule has 1 aliphatic heterocycles. The van der Waals surface area contributed by atoms with Gasteiger partial charge < -0.3 is 4.90 Å². The third-order valence-corrected chi connectivity index (χ3v) is 5.14. The van der Waals surface area contributed by atoms with Gasteiger partial charge in [0.15, 0.2) is 9.84 Å². The summed E-state index contributed by atoms with van der Waals surface area (Å²) in [5.41, 5.74) is -4.45. The van der Waals surface area contributed by atoms with Crippen LogP contribution in [0.4, 0.5) is 13.2 Å². The molecule has 1 aliphatic rings. The number of carbonyl (C=O) groups is 1. The first-order chi connectivity index (χ1) is 8.14. The zero-order valence-corrected chi connectivity index (χ0v) is 11.4. The van der Waals surface area contributed by atoms with Crippen molar-refractivity contribution in [2.45, 2.75) is 24.9 Å². The molecule has 0 saturated carbocycles. The number of thioether (sulfide) groups is 1. The second kappa shape index (κ2) is 5.68. The average Bonchev–Trinajstić information content (AvgIpc) is 2.56. The molecule has 1 unspecified atom stereocenters. The van der Waals surface area contributed by atoms with E-state index in [1.807, 2.05) is 0 Å². The van der Waals surface area contributed by atoms with E-state index in [1.165, 1.54) is 4.90 Å². The van der Waals surface area contributed by atoms with Crippen molar-refractivity contribution in [3.05, 3.63) is 0 Å². The molecule has 4 nitrogen and oxygen atoms in total. The molecule has 1 heterocycles. The molecule has 0 N–H and O–H groups in total. The van der Waals surface area contributed by atoms with Crippen LogP contribution < -0.4 is 0 Å². The maximum atomic E-state index is 12.0. The van der Waals surface area contributed by atoms with Crippen LogP contribution in [-0.2, 0) is 14.6 Å². The molecule has 1 rings (SSSR count). The Morgan fingerprint density at radius 1 is 1.44 bits per heavy atom. The van der Waals surface area contributed by atoms with E-state index in [4.69, 9.17) is 0 Å². The van der Waals surface area contributed by atoms with Gasteiger partial charge in [0.1, 0.15) is 0 Å². The highest BCUT2D eigenvalue weighted by Crippen LogP contribution is 2.30. The highest BCUT2D eigenvalue weighted by Gasteiger charge is 2.35. The fraction of sp³-hybridized carbons (Fsp3) is 0.889. The van der Waals surface area contributed by atoms with Gasteiger partial charge in [0.2, 0.25) is 5.91 Å². The number of halogens is 3. The van der Waals surface area contributed by atoms with Crippen molar-refractivity contribution < 1.29 is 26.4 Å². The predicted molar refractivity (Wildman–Crippen MR) is 63.0 cm³/mol. The summed E-state index contributed by atoms with van der Waals surface area (Å²) >= 11 is -0.397. The van der Waals surface area contributed by atoms with Crippen LogP contribution in [0, 0.1) is 0 Å². The van der Waals surface area contributed by atoms with Crippen molar-refractivity contribution >= 4 is 27.5 Å². The molecule has 18 heavy (non-hydrogen) atoms. The quantitative estimate of drug-likeness (QED) is 0.785. The first kappa shape index (κ1) is 15.6. The van der Waals surface area contributed by atoms with E-state index in [0.717, 1.165) is 0 Å². The molecule has 0 aromatic carbocycles. The van der Waals surface area contributed by atoms with Crippen LogP contribution in [-0.4, -0.2) is 54.6 Å². The van der Waals surface area contributed by atoms with Crippen molar-refractivity contribution in [3.63, 3.8) is 0 Å². The van der Waals surface area contributed by atoms with Crippen LogP contribution in [0.1, 0.15) is 13.3 Å². The lowest BCUT2D eigenvalue weighted by atomic mass is 10.2. The second-order valence-corrected chi connectivity index (χ2v) is 7.24. The van der Waals surface area contributed by atoms with Crippen molar-refractivity contribution in [1.82, 2.24) is 4.90 Å². The number of alkyl halides is 3. The largest absolute Gasteiger partial charge is 0.442 e. The van der Waals surface area contributed by atoms with Gasteiger partial charge in [-0.05, 0) is 25.1 Å². The third-order valence-electron chi connectivity index (χ3n) is 2.67. The van der Waals surface area contributed by atoms with Gasteiger partial charge in [-0.2, -0.15) is 13.2 Å². The maximum Gasteiger partial charge on any atom is 0.442 e. The molecular weight excluding hydrogens is 291 g/mol. The first-order valence-electron chi connectivity index (χ1n) is 5.35. The third kappa shape index (κ3) is 4.68. The van der Waals surface area contributed by atoms with E-state index >= 15 is 0 Å². The summed E-state index contributed by atoms with van der Waals surface area (Å²) in [7, 11) is -3.15. The van der Waals surface area contributed by atoms with Gasteiger partial charge in [-0.3, -0.25) is 4.79 Å². The summed E-state index contributed by atoms with van der Waals surface area (Å²) in [6.07, 6.45) is 0.304. The van der Waals surface area contributed by atoms with Crippen LogP contribution in [0.25, 0.3) is 0 Å². The fourth-order valence-corrected chi connectivity index (χ4v) is 4.07. The zero-order valence-electron chi connectivity index (χ0n) is 9.74. The standard InChI is InChI=1S/C9H14F3NO3S2/c1-2-13(7-3-4-18(15,16)6-7)8(14)5-17-9(10,11)12/h7H,2-6H2,1H3. The number of rotatable bonds is 4. The summed E-state index contributed by atoms with van der Waals surface area (Å²) in [6.45, 7) is 1.85. The molecule has 1 fully saturated rings. The molecule has 0 spiro atoms. The smallest absolute Gasteiger partial charge is 0.338 e. The SMILES string of the molecule is CCN(C(=O)CSC(F)(F)F)C1CCS(=O)(=O)C1. The van der Waals surface area contributed by atoms with Gasteiger partial charge in [0.05, 0.1) is 17.3 Å². The van der Waals surface area contributed by atoms with Crippen molar-refractivity contribution in [2.24, 2.45) is 0 Å². The van der Waals surface area contributed by atoms with Crippen LogP contribution in [0.15, 0.2) is 0 Å². The monoisotopic (exact) mass is 305 g/mol. The number of nitrogens with zero attached hydrogens (tertiary/aromatic N) is 1. The minimum Gasteiger partial charge on any atom is -0.338 e. The highest BCUT2D eigenvalue weighted by molar-refractivity contribution is 8.00. The van der Waals surface area contributed by atoms with Gasteiger partial charge >= 0.3 is 5.51 Å². The molecule has 0 aliphatic carbocycles. The van der Waals surface area contributed by atoms with Gasteiger partial charge in [-0.25, -0.2) is 8.42 Å². The Morgan fingerprint density at radius 3 is 2.44 bits per heavy atom. The molecule has 1 atom stereocenters. The predicted octanol–water partition coefficient (Wildman–Crippen LogP) is 1.28. The van der Waals surface area contributed by atoms with E-state index in [-0.39, 0.29) is 18.1 Å². The number of sulfone groups is 1. The molecule has 1 amide bonds. The maximum absolute atomic E-state index is 12.0. The first-order valence-corrected chi connectivity index (χ1v) is 8.16. The van der Waals surface area contributed by atoms with Gasteiger partial charge in [0, 0.05) is 12.6 Å². The number of hydrogen-bond donors (Lipinski definition) is 0. The van der Waals surface area contributed by atoms with Crippen molar-refractivity contribution in [2.75, 3.05) is 23.8 Å². The topological polar surface area (TPSA) is 54.5 Å². The van der Waals surface area contributed by atoms with Crippen LogP contribution in [0.2, 0.25) is 0 Å². The van der Waals surface area contributed by atoms with Gasteiger partial charge in [-0.1, -0.05) is 0 Å². The number of carbonyl (C=O) groups excluding carboxylic acids is 1. The Morgan fingerprint density at radius 2 is 2.06 bits per heavy atom. The molecular formula is C9H14F3NO3S2. The lowest BCUT2D eigenvalue weighted by Crippen LogP contribution is -2.42. The Bertz CT molecular complexity index is 408. The number of amides is 1. The minimum atomic E-state index is -4.45. The second-order valence-electron chi connectivity index (χ2n) is 3.97. The molecule has 0 bridgehead atoms. The molecule has 0 aromatic heterocycles. The van der Waals surface area contributed by atoms with Crippen LogP contribution in [0.5, 0.6) is 0 Å². The van der Waals surface area contributed by atoms with E-state index < -0.39 is 44.8 Å². The van der Waals surface area contributed by atoms with Gasteiger partial charge in [-0.15, -0.1) is 0 Å². The lowest BCUT2D eigenvalue weighted by molar-refractivity contribution is -0.130. The van der Waals surface area contributed by atoms with E-state index in [9.17, 15) is 26.4 Å². The summed E-state index contributed by atoms with van der Waals surface area (Å²) in [5, 5.41) is 0. The average molecular weight is 305 g/mol. The summed E-state index contributed by atoms with van der Waals surface area (Å²) in [6, 6.07) is -0.485. The van der Waals surface area contributed by atoms with Gasteiger partial charge in [0.25, 0.3) is 0 Å². The Hall–Kier alpha value is -0.440. The van der Waals surface area contributed by atoms with E-state index in [1.54, 1.807) is 6.92 Å². The zero-order chi connectivity index (χ0) is 14.0. The van der Waals surface area contributed by atoms with Crippen LogP contribution >= 0.6 is 11.8 Å². The Labute approximate surface area is 108 Å². The van der Waals surface area contributed by atoms with E-state index in [0.29, 0.717) is 6.42 Å². The Balaban J connectivity index is 2.59. The number of hydrogen-bond acceptors (Lipinski definition) is 4. The lowest BCUT2D eigenvalue weighted by Gasteiger charge is -2.26. The minimum absolute atomic E-state index is 0.00609. The fourth-order valence-electron chi connectivity index (χ4n) is 1.89.